The van der Waals surface area contributed by atoms with Crippen LogP contribution in [0.3, 0.4) is 0 Å². The monoisotopic (exact) mass is 232 g/mol. The molecule has 0 unspecified atom stereocenters. The Balaban J connectivity index is 2.18. The average Bonchev–Trinajstić information content (AvgIpc) is 2.63. The summed E-state index contributed by atoms with van der Waals surface area (Å²) in [5.41, 5.74) is 1.80. The van der Waals surface area contributed by atoms with Crippen molar-refractivity contribution < 1.29 is 9.32 Å². The highest BCUT2D eigenvalue weighted by Crippen LogP contribution is 2.07. The number of aryl methyl sites for hydroxylation is 3. The van der Waals surface area contributed by atoms with Crippen molar-refractivity contribution in [1.29, 1.82) is 0 Å². The van der Waals surface area contributed by atoms with Crippen molar-refractivity contribution in [3.63, 3.8) is 0 Å². The maximum atomic E-state index is 11.7. The summed E-state index contributed by atoms with van der Waals surface area (Å²) in [4.78, 5) is 19.9. The highest BCUT2D eigenvalue weighted by Gasteiger charge is 2.12. The fourth-order valence-corrected chi connectivity index (χ4v) is 1.42. The second-order valence-electron chi connectivity index (χ2n) is 3.75. The van der Waals surface area contributed by atoms with Crippen LogP contribution in [0.2, 0.25) is 0 Å². The SMILES string of the molecule is Cc1cc(C)nc(NC(=O)c2cc(C)on2)n1. The van der Waals surface area contributed by atoms with Crippen LogP contribution >= 0.6 is 0 Å². The van der Waals surface area contributed by atoms with E-state index in [1.54, 1.807) is 13.0 Å². The lowest BCUT2D eigenvalue weighted by Crippen LogP contribution is -2.15. The first-order chi connectivity index (χ1) is 8.04. The zero-order chi connectivity index (χ0) is 12.4. The largest absolute Gasteiger partial charge is 0.361 e. The fourth-order valence-electron chi connectivity index (χ4n) is 1.42. The molecular weight excluding hydrogens is 220 g/mol. The molecule has 1 amide bonds. The van der Waals surface area contributed by atoms with Gasteiger partial charge in [-0.15, -0.1) is 0 Å². The van der Waals surface area contributed by atoms with Crippen molar-refractivity contribution in [2.24, 2.45) is 0 Å². The Hall–Kier alpha value is -2.24. The first kappa shape index (κ1) is 11.3. The molecule has 0 saturated carbocycles. The summed E-state index contributed by atoms with van der Waals surface area (Å²) >= 11 is 0. The summed E-state index contributed by atoms with van der Waals surface area (Å²) in [6.45, 7) is 5.40. The second-order valence-corrected chi connectivity index (χ2v) is 3.75. The van der Waals surface area contributed by atoms with Gasteiger partial charge in [0.05, 0.1) is 0 Å². The van der Waals surface area contributed by atoms with Crippen molar-refractivity contribution >= 4 is 11.9 Å². The molecule has 0 saturated heterocycles. The van der Waals surface area contributed by atoms with E-state index < -0.39 is 0 Å². The van der Waals surface area contributed by atoms with Gasteiger partial charge in [-0.2, -0.15) is 0 Å². The number of anilines is 1. The average molecular weight is 232 g/mol. The first-order valence-corrected chi connectivity index (χ1v) is 5.11. The van der Waals surface area contributed by atoms with E-state index >= 15 is 0 Å². The standard InChI is InChI=1S/C11H12N4O2/c1-6-4-7(2)13-11(12-6)14-10(16)9-5-8(3)17-15-9/h4-5H,1-3H3,(H,12,13,14,16). The Morgan fingerprint density at radius 1 is 1.18 bits per heavy atom. The molecule has 2 heterocycles. The lowest BCUT2D eigenvalue weighted by Gasteiger charge is -2.03. The first-order valence-electron chi connectivity index (χ1n) is 5.11. The van der Waals surface area contributed by atoms with Gasteiger partial charge in [-0.3, -0.25) is 10.1 Å². The van der Waals surface area contributed by atoms with Crippen LogP contribution in [-0.4, -0.2) is 21.0 Å². The third-order valence-corrected chi connectivity index (χ3v) is 2.07. The molecule has 0 aromatic carbocycles. The molecule has 0 atom stereocenters. The Labute approximate surface area is 98.1 Å². The molecule has 2 aromatic rings. The number of amides is 1. The van der Waals surface area contributed by atoms with Crippen LogP contribution < -0.4 is 5.32 Å². The molecule has 6 heteroatoms. The van der Waals surface area contributed by atoms with E-state index in [-0.39, 0.29) is 17.5 Å². The highest BCUT2D eigenvalue weighted by atomic mass is 16.5. The Morgan fingerprint density at radius 3 is 2.35 bits per heavy atom. The molecule has 0 aliphatic rings. The van der Waals surface area contributed by atoms with Crippen molar-refractivity contribution in [3.8, 4) is 0 Å². The third-order valence-electron chi connectivity index (χ3n) is 2.07. The van der Waals surface area contributed by atoms with Crippen LogP contribution in [0.15, 0.2) is 16.7 Å². The quantitative estimate of drug-likeness (QED) is 0.851. The summed E-state index contributed by atoms with van der Waals surface area (Å²) < 4.78 is 4.82. The number of hydrogen-bond donors (Lipinski definition) is 1. The van der Waals surface area contributed by atoms with E-state index in [2.05, 4.69) is 20.4 Å². The van der Waals surface area contributed by atoms with Gasteiger partial charge in [-0.05, 0) is 26.8 Å². The molecule has 2 aromatic heterocycles. The number of nitrogens with zero attached hydrogens (tertiary/aromatic N) is 3. The molecule has 0 aliphatic heterocycles. The summed E-state index contributed by atoms with van der Waals surface area (Å²) in [6, 6.07) is 3.38. The van der Waals surface area contributed by atoms with Gasteiger partial charge < -0.3 is 4.52 Å². The molecule has 1 N–H and O–H groups in total. The fraction of sp³-hybridized carbons (Fsp3) is 0.273. The van der Waals surface area contributed by atoms with Crippen LogP contribution in [0.1, 0.15) is 27.6 Å². The molecular formula is C11H12N4O2. The van der Waals surface area contributed by atoms with Crippen LogP contribution in [-0.2, 0) is 0 Å². The Morgan fingerprint density at radius 2 is 1.82 bits per heavy atom. The van der Waals surface area contributed by atoms with Crippen LogP contribution in [0.4, 0.5) is 5.95 Å². The lowest BCUT2D eigenvalue weighted by molar-refractivity contribution is 0.101. The highest BCUT2D eigenvalue weighted by molar-refractivity contribution is 6.01. The maximum Gasteiger partial charge on any atom is 0.280 e. The molecule has 0 aliphatic carbocycles. The van der Waals surface area contributed by atoms with Crippen molar-refractivity contribution in [1.82, 2.24) is 15.1 Å². The predicted octanol–water partition coefficient (Wildman–Crippen LogP) is 1.64. The summed E-state index contributed by atoms with van der Waals surface area (Å²) in [5.74, 6) is 0.469. The van der Waals surface area contributed by atoms with Crippen LogP contribution in [0.5, 0.6) is 0 Å². The van der Waals surface area contributed by atoms with Gasteiger partial charge in [0.1, 0.15) is 5.76 Å². The second kappa shape index (κ2) is 4.32. The van der Waals surface area contributed by atoms with Crippen molar-refractivity contribution in [3.05, 3.63) is 35.0 Å². The summed E-state index contributed by atoms with van der Waals surface area (Å²) in [7, 11) is 0. The van der Waals surface area contributed by atoms with Gasteiger partial charge in [-0.25, -0.2) is 9.97 Å². The molecule has 17 heavy (non-hydrogen) atoms. The molecule has 0 radical (unpaired) electrons. The molecule has 6 nitrogen and oxygen atoms in total. The normalized spacial score (nSPS) is 10.3. The Bertz CT molecular complexity index is 542. The molecule has 88 valence electrons. The molecule has 0 fully saturated rings. The number of carbonyl (C=O) groups excluding carboxylic acids is 1. The number of rotatable bonds is 2. The van der Waals surface area contributed by atoms with Gasteiger partial charge in [0.15, 0.2) is 5.69 Å². The van der Waals surface area contributed by atoms with E-state index in [4.69, 9.17) is 4.52 Å². The minimum Gasteiger partial charge on any atom is -0.361 e. The summed E-state index contributed by atoms with van der Waals surface area (Å²) in [6.07, 6.45) is 0. The zero-order valence-electron chi connectivity index (χ0n) is 9.81. The van der Waals surface area contributed by atoms with Gasteiger partial charge >= 0.3 is 0 Å². The van der Waals surface area contributed by atoms with E-state index in [0.29, 0.717) is 5.76 Å². The minimum absolute atomic E-state index is 0.213. The number of nitrogens with one attached hydrogen (secondary N) is 1. The molecule has 0 bridgehead atoms. The molecule has 2 rings (SSSR count). The zero-order valence-corrected chi connectivity index (χ0v) is 9.81. The van der Waals surface area contributed by atoms with Crippen LogP contribution in [0.25, 0.3) is 0 Å². The van der Waals surface area contributed by atoms with E-state index in [0.717, 1.165) is 11.4 Å². The van der Waals surface area contributed by atoms with Gasteiger partial charge in [0.2, 0.25) is 5.95 Å². The van der Waals surface area contributed by atoms with Crippen molar-refractivity contribution in [2.75, 3.05) is 5.32 Å². The predicted molar refractivity (Wildman–Crippen MR) is 60.7 cm³/mol. The number of carbonyl (C=O) groups is 1. The number of aromatic nitrogens is 3. The smallest absolute Gasteiger partial charge is 0.280 e. The van der Waals surface area contributed by atoms with Gasteiger partial charge in [-0.1, -0.05) is 5.16 Å². The van der Waals surface area contributed by atoms with E-state index in [1.807, 2.05) is 19.9 Å². The minimum atomic E-state index is -0.383. The Kier molecular flexibility index (Phi) is 2.86. The lowest BCUT2D eigenvalue weighted by atomic mass is 10.3. The summed E-state index contributed by atoms with van der Waals surface area (Å²) in [5, 5.41) is 6.18. The maximum absolute atomic E-state index is 11.7. The van der Waals surface area contributed by atoms with Gasteiger partial charge in [0, 0.05) is 17.5 Å². The van der Waals surface area contributed by atoms with Crippen LogP contribution in [0, 0.1) is 20.8 Å². The van der Waals surface area contributed by atoms with E-state index in [1.165, 1.54) is 0 Å². The van der Waals surface area contributed by atoms with Crippen molar-refractivity contribution in [2.45, 2.75) is 20.8 Å². The topological polar surface area (TPSA) is 80.9 Å². The number of hydrogen-bond acceptors (Lipinski definition) is 5. The third kappa shape index (κ3) is 2.66. The molecule has 0 spiro atoms. The van der Waals surface area contributed by atoms with E-state index in [9.17, 15) is 4.79 Å². The van der Waals surface area contributed by atoms with Gasteiger partial charge in [0.25, 0.3) is 5.91 Å².